The van der Waals surface area contributed by atoms with Crippen LogP contribution in [0.25, 0.3) is 0 Å². The first-order chi connectivity index (χ1) is 10.7. The van der Waals surface area contributed by atoms with E-state index in [1.807, 2.05) is 0 Å². The molecule has 3 fully saturated rings. The predicted octanol–water partition coefficient (Wildman–Crippen LogP) is -1.73. The lowest BCUT2D eigenvalue weighted by Gasteiger charge is -2.23. The van der Waals surface area contributed by atoms with Gasteiger partial charge >= 0.3 is 0 Å². The van der Waals surface area contributed by atoms with Gasteiger partial charge in [0.1, 0.15) is 12.1 Å². The number of carbonyl (C=O) groups excluding carboxylic acids is 6. The number of carbonyl (C=O) groups is 6. The zero-order valence-corrected chi connectivity index (χ0v) is 12.6. The van der Waals surface area contributed by atoms with Crippen molar-refractivity contribution in [1.29, 1.82) is 0 Å². The third-order valence-corrected chi connectivity index (χ3v) is 4.55. The summed E-state index contributed by atoms with van der Waals surface area (Å²) in [5.41, 5.74) is 0. The van der Waals surface area contributed by atoms with Crippen molar-refractivity contribution in [1.82, 2.24) is 14.7 Å². The highest BCUT2D eigenvalue weighted by Gasteiger charge is 2.54. The van der Waals surface area contributed by atoms with Crippen LogP contribution in [0.15, 0.2) is 0 Å². The lowest BCUT2D eigenvalue weighted by Crippen LogP contribution is -2.49. The van der Waals surface area contributed by atoms with Gasteiger partial charge in [0.05, 0.1) is 12.8 Å². The summed E-state index contributed by atoms with van der Waals surface area (Å²) >= 11 is 0. The number of hydrogen-bond acceptors (Lipinski definition) is 6. The molecule has 3 atom stereocenters. The minimum absolute atomic E-state index is 0.000384. The Labute approximate surface area is 131 Å². The van der Waals surface area contributed by atoms with Crippen LogP contribution in [-0.4, -0.2) is 69.3 Å². The Morgan fingerprint density at radius 3 is 1.65 bits per heavy atom. The Balaban J connectivity index is 1.87. The van der Waals surface area contributed by atoms with E-state index in [2.05, 4.69) is 0 Å². The van der Waals surface area contributed by atoms with Gasteiger partial charge in [0, 0.05) is 19.4 Å². The quantitative estimate of drug-likeness (QED) is 0.558. The Morgan fingerprint density at radius 1 is 0.696 bits per heavy atom. The Kier molecular flexibility index (Phi) is 3.31. The molecule has 3 aliphatic rings. The van der Waals surface area contributed by atoms with E-state index in [1.54, 1.807) is 6.92 Å². The van der Waals surface area contributed by atoms with Crippen LogP contribution in [-0.2, 0) is 28.8 Å². The maximum absolute atomic E-state index is 12.5. The van der Waals surface area contributed by atoms with E-state index in [4.69, 9.17) is 0 Å². The van der Waals surface area contributed by atoms with Gasteiger partial charge in [-0.25, -0.2) is 0 Å². The molecule has 6 amide bonds. The standard InChI is InChI=1S/C14H15N3O6/c1-6-3-10(19)16(12(6)21)8-5-11(20)17(14(8)23)7-4-9(18)15(2)13(7)22/h6-8H,3-5H2,1-2H3. The van der Waals surface area contributed by atoms with Crippen molar-refractivity contribution < 1.29 is 28.8 Å². The number of hydrogen-bond donors (Lipinski definition) is 0. The Morgan fingerprint density at radius 2 is 1.17 bits per heavy atom. The van der Waals surface area contributed by atoms with E-state index in [0.717, 1.165) is 14.7 Å². The van der Waals surface area contributed by atoms with Crippen molar-refractivity contribution in [3.63, 3.8) is 0 Å². The van der Waals surface area contributed by atoms with Crippen molar-refractivity contribution in [2.24, 2.45) is 5.92 Å². The van der Waals surface area contributed by atoms with E-state index in [0.29, 0.717) is 0 Å². The minimum atomic E-state index is -1.21. The van der Waals surface area contributed by atoms with E-state index in [-0.39, 0.29) is 19.3 Å². The van der Waals surface area contributed by atoms with Crippen LogP contribution in [0.2, 0.25) is 0 Å². The number of rotatable bonds is 2. The van der Waals surface area contributed by atoms with E-state index >= 15 is 0 Å². The molecule has 122 valence electrons. The molecule has 0 spiro atoms. The van der Waals surface area contributed by atoms with Gasteiger partial charge in [0.15, 0.2) is 0 Å². The first-order valence-electron chi connectivity index (χ1n) is 7.26. The number of likely N-dealkylation sites (tertiary alicyclic amines) is 3. The number of likely N-dealkylation sites (N-methyl/N-ethyl adjacent to an activating group) is 1. The molecule has 3 aliphatic heterocycles. The third-order valence-electron chi connectivity index (χ3n) is 4.55. The van der Waals surface area contributed by atoms with Crippen molar-refractivity contribution in [2.75, 3.05) is 7.05 Å². The van der Waals surface area contributed by atoms with Gasteiger partial charge in [0.2, 0.25) is 23.6 Å². The van der Waals surface area contributed by atoms with Gasteiger partial charge in [-0.2, -0.15) is 0 Å². The summed E-state index contributed by atoms with van der Waals surface area (Å²) in [5.74, 6) is -4.06. The van der Waals surface area contributed by atoms with Crippen molar-refractivity contribution in [2.45, 2.75) is 38.3 Å². The zero-order chi connectivity index (χ0) is 17.0. The second-order valence-electron chi connectivity index (χ2n) is 6.04. The predicted molar refractivity (Wildman–Crippen MR) is 72.1 cm³/mol. The molecule has 0 aromatic rings. The van der Waals surface area contributed by atoms with Gasteiger partial charge < -0.3 is 0 Å². The second-order valence-corrected chi connectivity index (χ2v) is 6.04. The fourth-order valence-electron chi connectivity index (χ4n) is 3.24. The summed E-state index contributed by atoms with van der Waals surface area (Å²) in [6, 6.07) is -2.39. The molecule has 9 heteroatoms. The molecular formula is C14H15N3O6. The fourth-order valence-corrected chi connectivity index (χ4v) is 3.24. The lowest BCUT2D eigenvalue weighted by molar-refractivity contribution is -0.152. The molecule has 0 aromatic heterocycles. The van der Waals surface area contributed by atoms with Crippen molar-refractivity contribution in [3.8, 4) is 0 Å². The molecule has 0 aromatic carbocycles. The Hall–Kier alpha value is -2.58. The van der Waals surface area contributed by atoms with Gasteiger partial charge in [-0.05, 0) is 0 Å². The monoisotopic (exact) mass is 321 g/mol. The van der Waals surface area contributed by atoms with Crippen LogP contribution >= 0.6 is 0 Å². The maximum Gasteiger partial charge on any atom is 0.253 e. The largest absolute Gasteiger partial charge is 0.284 e. The van der Waals surface area contributed by atoms with Gasteiger partial charge in [0.25, 0.3) is 11.8 Å². The Bertz CT molecular complexity index is 671. The second kappa shape index (κ2) is 4.97. The number of nitrogens with zero attached hydrogens (tertiary/aromatic N) is 3. The molecular weight excluding hydrogens is 306 g/mol. The van der Waals surface area contributed by atoms with Gasteiger partial charge in [-0.1, -0.05) is 6.92 Å². The average molecular weight is 321 g/mol. The topological polar surface area (TPSA) is 112 Å². The molecule has 3 heterocycles. The first kappa shape index (κ1) is 15.3. The van der Waals surface area contributed by atoms with Crippen LogP contribution in [0.4, 0.5) is 0 Å². The summed E-state index contributed by atoms with van der Waals surface area (Å²) in [5, 5.41) is 0. The van der Waals surface area contributed by atoms with Gasteiger partial charge in [-0.15, -0.1) is 0 Å². The normalized spacial score (nSPS) is 32.1. The van der Waals surface area contributed by atoms with Crippen LogP contribution in [0.3, 0.4) is 0 Å². The zero-order valence-electron chi connectivity index (χ0n) is 12.6. The molecule has 3 saturated heterocycles. The van der Waals surface area contributed by atoms with Crippen LogP contribution in [0.5, 0.6) is 0 Å². The summed E-state index contributed by atoms with van der Waals surface area (Å²) in [6.07, 6.45) is -0.608. The molecule has 0 saturated carbocycles. The molecule has 0 N–H and O–H groups in total. The first-order valence-corrected chi connectivity index (χ1v) is 7.26. The van der Waals surface area contributed by atoms with E-state index in [1.165, 1.54) is 7.05 Å². The lowest BCUT2D eigenvalue weighted by atomic mass is 10.1. The van der Waals surface area contributed by atoms with E-state index < -0.39 is 53.4 Å². The summed E-state index contributed by atoms with van der Waals surface area (Å²) < 4.78 is 0. The molecule has 3 unspecified atom stereocenters. The van der Waals surface area contributed by atoms with E-state index in [9.17, 15) is 28.8 Å². The SMILES string of the molecule is CC1CC(=O)N(C2CC(=O)N(C3CC(=O)N(C)C3=O)C2=O)C1=O. The summed E-state index contributed by atoms with van der Waals surface area (Å²) in [7, 11) is 1.28. The highest BCUT2D eigenvalue weighted by atomic mass is 16.2. The van der Waals surface area contributed by atoms with Crippen molar-refractivity contribution in [3.05, 3.63) is 0 Å². The number of amides is 6. The molecule has 0 bridgehead atoms. The van der Waals surface area contributed by atoms with Crippen molar-refractivity contribution >= 4 is 35.4 Å². The molecule has 9 nitrogen and oxygen atoms in total. The number of imide groups is 3. The molecule has 23 heavy (non-hydrogen) atoms. The molecule has 0 radical (unpaired) electrons. The highest BCUT2D eigenvalue weighted by molar-refractivity contribution is 6.16. The average Bonchev–Trinajstić information content (AvgIpc) is 3.00. The highest BCUT2D eigenvalue weighted by Crippen LogP contribution is 2.30. The molecule has 3 rings (SSSR count). The summed E-state index contributed by atoms with van der Waals surface area (Å²) in [4.78, 5) is 74.7. The van der Waals surface area contributed by atoms with Crippen LogP contribution in [0.1, 0.15) is 26.2 Å². The minimum Gasteiger partial charge on any atom is -0.284 e. The van der Waals surface area contributed by atoms with Crippen LogP contribution < -0.4 is 0 Å². The maximum atomic E-state index is 12.5. The van der Waals surface area contributed by atoms with Crippen LogP contribution in [0, 0.1) is 5.92 Å². The third kappa shape index (κ3) is 2.07. The smallest absolute Gasteiger partial charge is 0.253 e. The molecule has 0 aliphatic carbocycles. The summed E-state index contributed by atoms with van der Waals surface area (Å²) in [6.45, 7) is 1.58. The van der Waals surface area contributed by atoms with Gasteiger partial charge in [-0.3, -0.25) is 43.5 Å². The fraction of sp³-hybridized carbons (Fsp3) is 0.571.